The lowest BCUT2D eigenvalue weighted by atomic mass is 10.0. The summed E-state index contributed by atoms with van der Waals surface area (Å²) in [7, 11) is 1.59. The maximum Gasteiger partial charge on any atom is 0.237 e. The van der Waals surface area contributed by atoms with Crippen LogP contribution in [0.25, 0.3) is 0 Å². The van der Waals surface area contributed by atoms with E-state index < -0.39 is 0 Å². The van der Waals surface area contributed by atoms with Crippen molar-refractivity contribution in [2.45, 2.75) is 13.0 Å². The zero-order valence-corrected chi connectivity index (χ0v) is 13.6. The molecule has 1 aromatic carbocycles. The maximum atomic E-state index is 6.11. The number of benzene rings is 1. The normalized spacial score (nSPS) is 12.2. The van der Waals surface area contributed by atoms with E-state index in [9.17, 15) is 0 Å². The van der Waals surface area contributed by atoms with E-state index in [0.29, 0.717) is 10.9 Å². The molecule has 1 heterocycles. The summed E-state index contributed by atoms with van der Waals surface area (Å²) in [5, 5.41) is 4.06. The summed E-state index contributed by atoms with van der Waals surface area (Å²) in [6.45, 7) is 2.82. The van der Waals surface area contributed by atoms with Crippen LogP contribution < -0.4 is 10.1 Å². The molecule has 0 aliphatic carbocycles. The van der Waals surface area contributed by atoms with E-state index in [1.165, 1.54) is 0 Å². The van der Waals surface area contributed by atoms with Crippen molar-refractivity contribution < 1.29 is 4.74 Å². The molecule has 4 nitrogen and oxygen atoms in total. The fourth-order valence-corrected chi connectivity index (χ4v) is 2.64. The van der Waals surface area contributed by atoms with Gasteiger partial charge in [0.25, 0.3) is 0 Å². The smallest absolute Gasteiger partial charge is 0.237 e. The largest absolute Gasteiger partial charge is 0.480 e. The van der Waals surface area contributed by atoms with Crippen LogP contribution in [-0.4, -0.2) is 23.6 Å². The van der Waals surface area contributed by atoms with Crippen LogP contribution in [0.5, 0.6) is 5.88 Å². The minimum atomic E-state index is -0.142. The first-order valence-electron chi connectivity index (χ1n) is 6.20. The Morgan fingerprint density at radius 1 is 1.35 bits per heavy atom. The molecule has 1 aromatic heterocycles. The number of nitrogens with zero attached hydrogens (tertiary/aromatic N) is 2. The Morgan fingerprint density at radius 3 is 2.80 bits per heavy atom. The Labute approximate surface area is 131 Å². The average Bonchev–Trinajstić information content (AvgIpc) is 2.47. The SMILES string of the molecule is CCNC(c1cc(Cl)ccc1Br)c1nccnc1OC. The van der Waals surface area contributed by atoms with Gasteiger partial charge >= 0.3 is 0 Å². The molecular formula is C14H15BrClN3O. The molecule has 1 unspecified atom stereocenters. The van der Waals surface area contributed by atoms with E-state index >= 15 is 0 Å². The highest BCUT2D eigenvalue weighted by molar-refractivity contribution is 9.10. The van der Waals surface area contributed by atoms with Crippen molar-refractivity contribution in [2.75, 3.05) is 13.7 Å². The Balaban J connectivity index is 2.53. The van der Waals surface area contributed by atoms with E-state index in [2.05, 4.69) is 31.2 Å². The van der Waals surface area contributed by atoms with Crippen LogP contribution in [0.2, 0.25) is 5.02 Å². The number of ether oxygens (including phenoxy) is 1. The predicted octanol–water partition coefficient (Wildman–Crippen LogP) is 3.60. The second-order valence-electron chi connectivity index (χ2n) is 4.11. The van der Waals surface area contributed by atoms with Gasteiger partial charge in [0.2, 0.25) is 5.88 Å². The van der Waals surface area contributed by atoms with E-state index in [1.54, 1.807) is 19.5 Å². The van der Waals surface area contributed by atoms with Crippen molar-refractivity contribution in [3.05, 3.63) is 51.3 Å². The lowest BCUT2D eigenvalue weighted by Crippen LogP contribution is -2.24. The Morgan fingerprint density at radius 2 is 2.10 bits per heavy atom. The first-order valence-corrected chi connectivity index (χ1v) is 7.37. The van der Waals surface area contributed by atoms with Crippen LogP contribution in [0, 0.1) is 0 Å². The lowest BCUT2D eigenvalue weighted by molar-refractivity contribution is 0.383. The summed E-state index contributed by atoms with van der Waals surface area (Å²) in [6.07, 6.45) is 3.26. The zero-order valence-electron chi connectivity index (χ0n) is 11.2. The summed E-state index contributed by atoms with van der Waals surface area (Å²) in [6, 6.07) is 5.53. The van der Waals surface area contributed by atoms with Crippen molar-refractivity contribution in [2.24, 2.45) is 0 Å². The molecule has 1 atom stereocenters. The van der Waals surface area contributed by atoms with Crippen LogP contribution in [-0.2, 0) is 0 Å². The molecule has 20 heavy (non-hydrogen) atoms. The second-order valence-corrected chi connectivity index (χ2v) is 5.40. The van der Waals surface area contributed by atoms with Gasteiger partial charge in [-0.15, -0.1) is 0 Å². The Kier molecular flexibility index (Phi) is 5.34. The van der Waals surface area contributed by atoms with Crippen LogP contribution in [0.15, 0.2) is 35.1 Å². The molecule has 0 saturated heterocycles. The number of aromatic nitrogens is 2. The Bertz CT molecular complexity index is 594. The Hall–Kier alpha value is -1.17. The van der Waals surface area contributed by atoms with Gasteiger partial charge in [0, 0.05) is 21.9 Å². The third-order valence-electron chi connectivity index (χ3n) is 2.84. The summed E-state index contributed by atoms with van der Waals surface area (Å²) >= 11 is 9.66. The topological polar surface area (TPSA) is 47.0 Å². The van der Waals surface area contributed by atoms with E-state index in [1.807, 2.05) is 25.1 Å². The van der Waals surface area contributed by atoms with Crippen molar-refractivity contribution >= 4 is 27.5 Å². The summed E-state index contributed by atoms with van der Waals surface area (Å²) < 4.78 is 6.26. The summed E-state index contributed by atoms with van der Waals surface area (Å²) in [5.74, 6) is 0.505. The average molecular weight is 357 g/mol. The van der Waals surface area contributed by atoms with Crippen molar-refractivity contribution in [1.29, 1.82) is 0 Å². The number of methoxy groups -OCH3 is 1. The van der Waals surface area contributed by atoms with Crippen LogP contribution in [0.4, 0.5) is 0 Å². The van der Waals surface area contributed by atoms with Gasteiger partial charge in [-0.05, 0) is 30.3 Å². The van der Waals surface area contributed by atoms with Crippen LogP contribution in [0.3, 0.4) is 0 Å². The number of rotatable bonds is 5. The molecule has 0 bridgehead atoms. The molecule has 6 heteroatoms. The second kappa shape index (κ2) is 7.02. The monoisotopic (exact) mass is 355 g/mol. The molecule has 0 fully saturated rings. The van der Waals surface area contributed by atoms with E-state index in [0.717, 1.165) is 22.3 Å². The highest BCUT2D eigenvalue weighted by Gasteiger charge is 2.22. The molecule has 2 rings (SSSR count). The quantitative estimate of drug-likeness (QED) is 0.889. The number of hydrogen-bond acceptors (Lipinski definition) is 4. The van der Waals surface area contributed by atoms with Gasteiger partial charge in [0.05, 0.1) is 13.2 Å². The minimum Gasteiger partial charge on any atom is -0.480 e. The third kappa shape index (κ3) is 3.29. The molecule has 0 amide bonds. The standard InChI is InChI=1S/C14H15BrClN3O/c1-3-17-12(10-8-9(16)4-5-11(10)15)13-14(20-2)19-7-6-18-13/h4-8,12,17H,3H2,1-2H3. The van der Waals surface area contributed by atoms with Gasteiger partial charge in [-0.25, -0.2) is 4.98 Å². The maximum absolute atomic E-state index is 6.11. The molecular weight excluding hydrogens is 342 g/mol. The predicted molar refractivity (Wildman–Crippen MR) is 83.3 cm³/mol. The number of nitrogens with one attached hydrogen (secondary N) is 1. The molecule has 0 radical (unpaired) electrons. The molecule has 1 N–H and O–H groups in total. The van der Waals surface area contributed by atoms with Crippen LogP contribution >= 0.6 is 27.5 Å². The molecule has 0 aliphatic rings. The van der Waals surface area contributed by atoms with Gasteiger partial charge in [0.1, 0.15) is 5.69 Å². The molecule has 2 aromatic rings. The summed E-state index contributed by atoms with van der Waals surface area (Å²) in [5.41, 5.74) is 1.73. The number of halogens is 2. The molecule has 106 valence electrons. The van der Waals surface area contributed by atoms with Gasteiger partial charge < -0.3 is 10.1 Å². The van der Waals surface area contributed by atoms with E-state index in [4.69, 9.17) is 16.3 Å². The van der Waals surface area contributed by atoms with Gasteiger partial charge in [-0.3, -0.25) is 4.98 Å². The fourth-order valence-electron chi connectivity index (χ4n) is 1.99. The molecule has 0 saturated carbocycles. The van der Waals surface area contributed by atoms with Gasteiger partial charge in [-0.2, -0.15) is 0 Å². The van der Waals surface area contributed by atoms with Crippen molar-refractivity contribution in [3.63, 3.8) is 0 Å². The van der Waals surface area contributed by atoms with Gasteiger partial charge in [0.15, 0.2) is 0 Å². The van der Waals surface area contributed by atoms with Crippen molar-refractivity contribution in [1.82, 2.24) is 15.3 Å². The zero-order chi connectivity index (χ0) is 14.5. The van der Waals surface area contributed by atoms with E-state index in [-0.39, 0.29) is 6.04 Å². The van der Waals surface area contributed by atoms with Gasteiger partial charge in [-0.1, -0.05) is 34.5 Å². The summed E-state index contributed by atoms with van der Waals surface area (Å²) in [4.78, 5) is 8.61. The van der Waals surface area contributed by atoms with Crippen molar-refractivity contribution in [3.8, 4) is 5.88 Å². The highest BCUT2D eigenvalue weighted by Crippen LogP contribution is 2.32. The first-order chi connectivity index (χ1) is 9.67. The molecule has 0 spiro atoms. The third-order valence-corrected chi connectivity index (χ3v) is 3.79. The highest BCUT2D eigenvalue weighted by atomic mass is 79.9. The minimum absolute atomic E-state index is 0.142. The fraction of sp³-hybridized carbons (Fsp3) is 0.286. The lowest BCUT2D eigenvalue weighted by Gasteiger charge is -2.20. The first kappa shape index (κ1) is 15.2. The van der Waals surface area contributed by atoms with Crippen LogP contribution in [0.1, 0.15) is 24.2 Å². The number of hydrogen-bond donors (Lipinski definition) is 1. The molecule has 0 aliphatic heterocycles.